The second kappa shape index (κ2) is 9.72. The number of anilines is 1. The number of hydrogen-bond acceptors (Lipinski definition) is 5. The number of carbonyl (C=O) groups is 1. The van der Waals surface area contributed by atoms with Crippen molar-refractivity contribution in [2.75, 3.05) is 18.6 Å². The Morgan fingerprint density at radius 3 is 2.36 bits per heavy atom. The van der Waals surface area contributed by atoms with E-state index in [4.69, 9.17) is 14.2 Å². The summed E-state index contributed by atoms with van der Waals surface area (Å²) in [6.45, 7) is 3.32. The van der Waals surface area contributed by atoms with Crippen LogP contribution in [0.5, 0.6) is 11.5 Å². The van der Waals surface area contributed by atoms with Crippen molar-refractivity contribution in [2.45, 2.75) is 38.5 Å². The van der Waals surface area contributed by atoms with Crippen molar-refractivity contribution in [2.24, 2.45) is 0 Å². The molecule has 0 fully saturated rings. The minimum Gasteiger partial charge on any atom is -0.493 e. The molecule has 1 unspecified atom stereocenters. The number of benzene rings is 2. The minimum absolute atomic E-state index is 0.0223. The molecule has 1 atom stereocenters. The van der Waals surface area contributed by atoms with E-state index in [0.29, 0.717) is 22.7 Å². The lowest BCUT2D eigenvalue weighted by atomic mass is 10.1. The van der Waals surface area contributed by atoms with E-state index in [0.717, 1.165) is 12.1 Å². The molecule has 10 heteroatoms. The van der Waals surface area contributed by atoms with Crippen molar-refractivity contribution in [1.82, 2.24) is 5.32 Å². The van der Waals surface area contributed by atoms with Gasteiger partial charge in [0.15, 0.2) is 17.7 Å². The molecule has 2 N–H and O–H groups in total. The molecule has 3 rings (SSSR count). The molecule has 0 aliphatic carbocycles. The maximum absolute atomic E-state index is 12.7. The van der Waals surface area contributed by atoms with E-state index in [9.17, 15) is 23.1 Å². The fourth-order valence-electron chi connectivity index (χ4n) is 2.93. The molecule has 0 radical (unpaired) electrons. The maximum atomic E-state index is 12.7. The lowest BCUT2D eigenvalue weighted by molar-refractivity contribution is -0.137. The predicted molar refractivity (Wildman–Crippen MR) is 115 cm³/mol. The molecule has 0 saturated carbocycles. The first kappa shape index (κ1) is 24.4. The summed E-state index contributed by atoms with van der Waals surface area (Å²) in [7, 11) is 1.47. The summed E-state index contributed by atoms with van der Waals surface area (Å²) in [6, 6.07) is 9.09. The van der Waals surface area contributed by atoms with Gasteiger partial charge in [0.1, 0.15) is 6.61 Å². The van der Waals surface area contributed by atoms with Gasteiger partial charge in [-0.05, 0) is 49.8 Å². The SMILES string of the molecule is COc1cc(N2C=CC(OCc3ccc(C(F)(F)F)cc3)NC2=O)ccc1OCC(C)(C)O. The van der Waals surface area contributed by atoms with E-state index in [1.54, 1.807) is 38.1 Å². The van der Waals surface area contributed by atoms with Crippen molar-refractivity contribution in [1.29, 1.82) is 0 Å². The zero-order chi connectivity index (χ0) is 24.2. The quantitative estimate of drug-likeness (QED) is 0.601. The number of urea groups is 1. The second-order valence-corrected chi connectivity index (χ2v) is 8.02. The zero-order valence-electron chi connectivity index (χ0n) is 18.3. The fraction of sp³-hybridized carbons (Fsp3) is 0.348. The lowest BCUT2D eigenvalue weighted by Crippen LogP contribution is -2.46. The van der Waals surface area contributed by atoms with Crippen molar-refractivity contribution >= 4 is 11.7 Å². The van der Waals surface area contributed by atoms with Gasteiger partial charge in [-0.2, -0.15) is 13.2 Å². The Labute approximate surface area is 189 Å². The topological polar surface area (TPSA) is 80.3 Å². The van der Waals surface area contributed by atoms with Crippen LogP contribution in [0.25, 0.3) is 0 Å². The number of ether oxygens (including phenoxy) is 3. The number of alkyl halides is 3. The van der Waals surface area contributed by atoms with Gasteiger partial charge in [0.05, 0.1) is 30.6 Å². The molecule has 0 spiro atoms. The summed E-state index contributed by atoms with van der Waals surface area (Å²) in [5.74, 6) is 0.807. The monoisotopic (exact) mass is 466 g/mol. The molecule has 1 aliphatic rings. The first-order chi connectivity index (χ1) is 15.5. The van der Waals surface area contributed by atoms with Crippen LogP contribution in [0.2, 0.25) is 0 Å². The first-order valence-electron chi connectivity index (χ1n) is 10.1. The summed E-state index contributed by atoms with van der Waals surface area (Å²) in [6.07, 6.45) is -2.00. The molecule has 0 bridgehead atoms. The molecule has 33 heavy (non-hydrogen) atoms. The second-order valence-electron chi connectivity index (χ2n) is 8.02. The number of aliphatic hydroxyl groups is 1. The molecule has 0 aromatic heterocycles. The Morgan fingerprint density at radius 2 is 1.79 bits per heavy atom. The number of rotatable bonds is 8. The van der Waals surface area contributed by atoms with Crippen LogP contribution in [0.15, 0.2) is 54.7 Å². The van der Waals surface area contributed by atoms with Gasteiger partial charge in [-0.25, -0.2) is 4.79 Å². The average Bonchev–Trinajstić information content (AvgIpc) is 2.75. The van der Waals surface area contributed by atoms with E-state index in [1.807, 2.05) is 0 Å². The van der Waals surface area contributed by atoms with Crippen LogP contribution in [0.3, 0.4) is 0 Å². The summed E-state index contributed by atoms with van der Waals surface area (Å²) in [4.78, 5) is 13.9. The number of carbonyl (C=O) groups excluding carboxylic acids is 1. The average molecular weight is 466 g/mol. The Hall–Kier alpha value is -3.24. The Balaban J connectivity index is 1.63. The highest BCUT2D eigenvalue weighted by atomic mass is 19.4. The van der Waals surface area contributed by atoms with E-state index in [-0.39, 0.29) is 13.2 Å². The molecule has 1 aliphatic heterocycles. The Bertz CT molecular complexity index is 1000. The van der Waals surface area contributed by atoms with Crippen LogP contribution >= 0.6 is 0 Å². The summed E-state index contributed by atoms with van der Waals surface area (Å²) < 4.78 is 54.5. The van der Waals surface area contributed by atoms with E-state index in [2.05, 4.69) is 5.32 Å². The number of nitrogens with one attached hydrogen (secondary N) is 1. The first-order valence-corrected chi connectivity index (χ1v) is 10.1. The van der Waals surface area contributed by atoms with Crippen LogP contribution in [0.1, 0.15) is 25.0 Å². The molecule has 0 saturated heterocycles. The third-order valence-corrected chi connectivity index (χ3v) is 4.61. The molecule has 1 heterocycles. The number of hydrogen-bond donors (Lipinski definition) is 2. The highest BCUT2D eigenvalue weighted by molar-refractivity contribution is 5.95. The van der Waals surface area contributed by atoms with Crippen LogP contribution in [-0.4, -0.2) is 36.7 Å². The molecule has 7 nitrogen and oxygen atoms in total. The number of halogens is 3. The predicted octanol–water partition coefficient (Wildman–Crippen LogP) is 4.45. The van der Waals surface area contributed by atoms with Crippen LogP contribution in [0.4, 0.5) is 23.7 Å². The van der Waals surface area contributed by atoms with Gasteiger partial charge in [0, 0.05) is 12.3 Å². The summed E-state index contributed by atoms with van der Waals surface area (Å²) in [5.41, 5.74) is -0.703. The number of amides is 2. The lowest BCUT2D eigenvalue weighted by Gasteiger charge is -2.28. The maximum Gasteiger partial charge on any atom is 0.416 e. The van der Waals surface area contributed by atoms with Crippen molar-refractivity contribution in [3.63, 3.8) is 0 Å². The Morgan fingerprint density at radius 1 is 1.09 bits per heavy atom. The van der Waals surface area contributed by atoms with Gasteiger partial charge < -0.3 is 24.6 Å². The van der Waals surface area contributed by atoms with Gasteiger partial charge in [0.25, 0.3) is 0 Å². The highest BCUT2D eigenvalue weighted by Crippen LogP contribution is 2.33. The van der Waals surface area contributed by atoms with Crippen molar-refractivity contribution < 1.29 is 37.3 Å². The Kier molecular flexibility index (Phi) is 7.19. The molecule has 2 aromatic carbocycles. The summed E-state index contributed by atoms with van der Waals surface area (Å²) >= 11 is 0. The smallest absolute Gasteiger partial charge is 0.416 e. The highest BCUT2D eigenvalue weighted by Gasteiger charge is 2.30. The van der Waals surface area contributed by atoms with E-state index < -0.39 is 29.6 Å². The van der Waals surface area contributed by atoms with Crippen molar-refractivity contribution in [3.05, 3.63) is 65.9 Å². The largest absolute Gasteiger partial charge is 0.493 e. The van der Waals surface area contributed by atoms with E-state index in [1.165, 1.54) is 30.3 Å². The normalized spacial score (nSPS) is 16.5. The fourth-order valence-corrected chi connectivity index (χ4v) is 2.93. The standard InChI is InChI=1S/C23H25F3N2O5/c1-22(2,30)14-33-18-9-8-17(12-19(18)31-3)28-11-10-20(27-21(28)29)32-13-15-4-6-16(7-5-15)23(24,25)26/h4-12,20,30H,13-14H2,1-3H3,(H,27,29). The van der Waals surface area contributed by atoms with Crippen LogP contribution < -0.4 is 19.7 Å². The number of methoxy groups -OCH3 is 1. The van der Waals surface area contributed by atoms with Crippen LogP contribution in [-0.2, 0) is 17.5 Å². The molecule has 2 aromatic rings. The molecular formula is C23H25F3N2O5. The van der Waals surface area contributed by atoms with Crippen LogP contribution in [0, 0.1) is 0 Å². The third kappa shape index (κ3) is 6.62. The zero-order valence-corrected chi connectivity index (χ0v) is 18.3. The van der Waals surface area contributed by atoms with Gasteiger partial charge in [0.2, 0.25) is 0 Å². The van der Waals surface area contributed by atoms with E-state index >= 15 is 0 Å². The van der Waals surface area contributed by atoms with Gasteiger partial charge >= 0.3 is 12.2 Å². The summed E-state index contributed by atoms with van der Waals surface area (Å²) in [5, 5.41) is 12.5. The van der Waals surface area contributed by atoms with Gasteiger partial charge in [-0.1, -0.05) is 12.1 Å². The molecular weight excluding hydrogens is 441 g/mol. The minimum atomic E-state index is -4.40. The third-order valence-electron chi connectivity index (χ3n) is 4.61. The molecule has 2 amide bonds. The van der Waals surface area contributed by atoms with Crippen molar-refractivity contribution in [3.8, 4) is 11.5 Å². The van der Waals surface area contributed by atoms with Gasteiger partial charge in [-0.15, -0.1) is 0 Å². The van der Waals surface area contributed by atoms with Gasteiger partial charge in [-0.3, -0.25) is 4.90 Å². The number of nitrogens with zero attached hydrogens (tertiary/aromatic N) is 1. The molecule has 178 valence electrons.